The standard InChI is InChI=1S/C19H21FN2O2/c20-17-9-5-4-8-16(17)10-12-21-18(23)11-13-22-19(24)14-15-6-2-1-3-7-15/h1-9H,10-14H2,(H,21,23)(H,22,24). The number of carbonyl (C=O) groups is 2. The van der Waals surface area contributed by atoms with Crippen LogP contribution >= 0.6 is 0 Å². The highest BCUT2D eigenvalue weighted by molar-refractivity contribution is 5.80. The second-order valence-electron chi connectivity index (χ2n) is 5.45. The molecule has 0 aromatic heterocycles. The summed E-state index contributed by atoms with van der Waals surface area (Å²) in [7, 11) is 0. The molecule has 0 unspecified atom stereocenters. The van der Waals surface area contributed by atoms with Crippen molar-refractivity contribution in [2.45, 2.75) is 19.3 Å². The molecule has 2 aromatic rings. The number of benzene rings is 2. The largest absolute Gasteiger partial charge is 0.356 e. The summed E-state index contributed by atoms with van der Waals surface area (Å²) in [5.41, 5.74) is 1.51. The van der Waals surface area contributed by atoms with E-state index in [0.29, 0.717) is 24.9 Å². The van der Waals surface area contributed by atoms with Gasteiger partial charge in [-0.15, -0.1) is 0 Å². The minimum absolute atomic E-state index is 0.111. The van der Waals surface area contributed by atoms with Crippen molar-refractivity contribution in [1.82, 2.24) is 10.6 Å². The van der Waals surface area contributed by atoms with Gasteiger partial charge in [-0.05, 0) is 23.6 Å². The smallest absolute Gasteiger partial charge is 0.224 e. The van der Waals surface area contributed by atoms with E-state index in [1.165, 1.54) is 6.07 Å². The fraction of sp³-hybridized carbons (Fsp3) is 0.263. The van der Waals surface area contributed by atoms with Gasteiger partial charge in [0.25, 0.3) is 0 Å². The highest BCUT2D eigenvalue weighted by Crippen LogP contribution is 2.06. The summed E-state index contributed by atoms with van der Waals surface area (Å²) < 4.78 is 13.4. The summed E-state index contributed by atoms with van der Waals surface area (Å²) in [5, 5.41) is 5.44. The van der Waals surface area contributed by atoms with E-state index in [4.69, 9.17) is 0 Å². The molecule has 0 aliphatic rings. The zero-order chi connectivity index (χ0) is 17.2. The Morgan fingerprint density at radius 2 is 1.50 bits per heavy atom. The molecule has 5 heteroatoms. The molecule has 0 aliphatic heterocycles. The van der Waals surface area contributed by atoms with Gasteiger partial charge in [0.2, 0.25) is 11.8 Å². The maximum absolute atomic E-state index is 13.4. The predicted octanol–water partition coefficient (Wildman–Crippen LogP) is 2.23. The maximum Gasteiger partial charge on any atom is 0.224 e. The van der Waals surface area contributed by atoms with E-state index in [2.05, 4.69) is 10.6 Å². The van der Waals surface area contributed by atoms with E-state index < -0.39 is 0 Å². The quantitative estimate of drug-likeness (QED) is 0.781. The van der Waals surface area contributed by atoms with Crippen LogP contribution in [0.15, 0.2) is 54.6 Å². The number of halogens is 1. The van der Waals surface area contributed by atoms with Crippen LogP contribution in [0.2, 0.25) is 0 Å². The van der Waals surface area contributed by atoms with E-state index in [9.17, 15) is 14.0 Å². The zero-order valence-electron chi connectivity index (χ0n) is 13.4. The number of amides is 2. The Bertz CT molecular complexity index is 674. The number of nitrogens with one attached hydrogen (secondary N) is 2. The first-order valence-electron chi connectivity index (χ1n) is 7.96. The van der Waals surface area contributed by atoms with Crippen LogP contribution in [0.4, 0.5) is 4.39 Å². The molecule has 24 heavy (non-hydrogen) atoms. The number of carbonyl (C=O) groups excluding carboxylic acids is 2. The van der Waals surface area contributed by atoms with Crippen molar-refractivity contribution in [3.63, 3.8) is 0 Å². The Balaban J connectivity index is 1.59. The SMILES string of the molecule is O=C(CCNC(=O)Cc1ccccc1)NCCc1ccccc1F. The highest BCUT2D eigenvalue weighted by Gasteiger charge is 2.06. The van der Waals surface area contributed by atoms with Crippen molar-refractivity contribution in [3.05, 3.63) is 71.5 Å². The Labute approximate surface area is 141 Å². The van der Waals surface area contributed by atoms with E-state index in [0.717, 1.165) is 5.56 Å². The molecule has 2 rings (SSSR count). The number of hydrogen-bond donors (Lipinski definition) is 2. The Hall–Kier alpha value is -2.69. The van der Waals surface area contributed by atoms with Crippen LogP contribution in [0.3, 0.4) is 0 Å². The Morgan fingerprint density at radius 3 is 2.25 bits per heavy atom. The number of hydrogen-bond acceptors (Lipinski definition) is 2. The first kappa shape index (κ1) is 17.7. The van der Waals surface area contributed by atoms with Crippen molar-refractivity contribution in [2.24, 2.45) is 0 Å². The molecular formula is C19H21FN2O2. The fourth-order valence-electron chi connectivity index (χ4n) is 2.29. The summed E-state index contributed by atoms with van der Waals surface area (Å²) >= 11 is 0. The van der Waals surface area contributed by atoms with Gasteiger partial charge >= 0.3 is 0 Å². The van der Waals surface area contributed by atoms with Crippen molar-refractivity contribution in [1.29, 1.82) is 0 Å². The van der Waals surface area contributed by atoms with Gasteiger partial charge in [0.15, 0.2) is 0 Å². The lowest BCUT2D eigenvalue weighted by molar-refractivity contribution is -0.122. The monoisotopic (exact) mass is 328 g/mol. The molecule has 0 saturated heterocycles. The predicted molar refractivity (Wildman–Crippen MR) is 90.9 cm³/mol. The fourth-order valence-corrected chi connectivity index (χ4v) is 2.29. The normalized spacial score (nSPS) is 10.2. The van der Waals surface area contributed by atoms with Crippen LogP contribution in [0, 0.1) is 5.82 Å². The lowest BCUT2D eigenvalue weighted by Gasteiger charge is -2.07. The van der Waals surface area contributed by atoms with Crippen molar-refractivity contribution >= 4 is 11.8 Å². The molecule has 0 saturated carbocycles. The van der Waals surface area contributed by atoms with Crippen molar-refractivity contribution in [3.8, 4) is 0 Å². The summed E-state index contributed by atoms with van der Waals surface area (Å²) in [4.78, 5) is 23.4. The average Bonchev–Trinajstić information content (AvgIpc) is 2.57. The molecule has 0 aliphatic carbocycles. The summed E-state index contributed by atoms with van der Waals surface area (Å²) in [5.74, 6) is -0.536. The molecule has 2 amide bonds. The maximum atomic E-state index is 13.4. The van der Waals surface area contributed by atoms with Gasteiger partial charge in [-0.2, -0.15) is 0 Å². The lowest BCUT2D eigenvalue weighted by atomic mass is 10.1. The van der Waals surface area contributed by atoms with E-state index in [1.807, 2.05) is 30.3 Å². The number of rotatable bonds is 8. The molecule has 2 N–H and O–H groups in total. The second kappa shape index (κ2) is 9.45. The van der Waals surface area contributed by atoms with E-state index >= 15 is 0 Å². The lowest BCUT2D eigenvalue weighted by Crippen LogP contribution is -2.32. The molecule has 0 spiro atoms. The third-order valence-corrected chi connectivity index (χ3v) is 3.56. The Kier molecular flexibility index (Phi) is 6.95. The van der Waals surface area contributed by atoms with Crippen molar-refractivity contribution in [2.75, 3.05) is 13.1 Å². The molecule has 2 aromatic carbocycles. The van der Waals surface area contributed by atoms with E-state index in [1.54, 1.807) is 18.2 Å². The van der Waals surface area contributed by atoms with Gasteiger partial charge in [-0.3, -0.25) is 9.59 Å². The minimum atomic E-state index is -0.264. The van der Waals surface area contributed by atoms with Gasteiger partial charge in [-0.1, -0.05) is 48.5 Å². The van der Waals surface area contributed by atoms with Gasteiger partial charge in [0.05, 0.1) is 6.42 Å². The van der Waals surface area contributed by atoms with Gasteiger partial charge in [0, 0.05) is 19.5 Å². The topological polar surface area (TPSA) is 58.2 Å². The van der Waals surface area contributed by atoms with Gasteiger partial charge in [-0.25, -0.2) is 4.39 Å². The van der Waals surface area contributed by atoms with Crippen LogP contribution in [0.1, 0.15) is 17.5 Å². The summed E-state index contributed by atoms with van der Waals surface area (Å²) in [6.45, 7) is 0.662. The molecule has 0 bridgehead atoms. The highest BCUT2D eigenvalue weighted by atomic mass is 19.1. The van der Waals surface area contributed by atoms with Crippen LogP contribution in [0.25, 0.3) is 0 Å². The molecule has 0 atom stereocenters. The van der Waals surface area contributed by atoms with Crippen LogP contribution in [-0.2, 0) is 22.4 Å². The van der Waals surface area contributed by atoms with Crippen molar-refractivity contribution < 1.29 is 14.0 Å². The average molecular weight is 328 g/mol. The van der Waals surface area contributed by atoms with Gasteiger partial charge in [0.1, 0.15) is 5.82 Å². The second-order valence-corrected chi connectivity index (χ2v) is 5.45. The zero-order valence-corrected chi connectivity index (χ0v) is 13.4. The first-order valence-corrected chi connectivity index (χ1v) is 7.96. The molecule has 0 heterocycles. The summed E-state index contributed by atoms with van der Waals surface area (Å²) in [6.07, 6.45) is 0.951. The molecule has 4 nitrogen and oxygen atoms in total. The molecular weight excluding hydrogens is 307 g/mol. The molecule has 0 radical (unpaired) electrons. The Morgan fingerprint density at radius 1 is 0.833 bits per heavy atom. The molecule has 0 fully saturated rings. The molecule has 126 valence electrons. The minimum Gasteiger partial charge on any atom is -0.356 e. The van der Waals surface area contributed by atoms with Gasteiger partial charge < -0.3 is 10.6 Å². The first-order chi connectivity index (χ1) is 11.6. The van der Waals surface area contributed by atoms with Crippen LogP contribution in [0.5, 0.6) is 0 Å². The summed E-state index contributed by atoms with van der Waals surface area (Å²) in [6, 6.07) is 15.9. The van der Waals surface area contributed by atoms with Crippen LogP contribution < -0.4 is 10.6 Å². The third-order valence-electron chi connectivity index (χ3n) is 3.56. The van der Waals surface area contributed by atoms with Crippen LogP contribution in [-0.4, -0.2) is 24.9 Å². The third kappa shape index (κ3) is 6.20. The van der Waals surface area contributed by atoms with E-state index in [-0.39, 0.29) is 30.6 Å².